The van der Waals surface area contributed by atoms with Crippen molar-refractivity contribution in [1.29, 1.82) is 0 Å². The Hall–Kier alpha value is -2.24. The SMILES string of the molecule is CS1=NC(N2CCN(CCO)CC2)=C2OCCCC2=N1.O=C(O)/C=C\C(=O)O. The molecule has 0 aliphatic carbocycles. The van der Waals surface area contributed by atoms with Crippen molar-refractivity contribution in [3.63, 3.8) is 0 Å². The molecule has 0 radical (unpaired) electrons. The first-order valence-electron chi connectivity index (χ1n) is 8.95. The zero-order chi connectivity index (χ0) is 20.5. The summed E-state index contributed by atoms with van der Waals surface area (Å²) >= 11 is 0. The van der Waals surface area contributed by atoms with Gasteiger partial charge in [-0.25, -0.2) is 14.0 Å². The normalized spacial score (nSPS) is 22.4. The molecule has 0 amide bonds. The van der Waals surface area contributed by atoms with Crippen LogP contribution in [0.5, 0.6) is 0 Å². The summed E-state index contributed by atoms with van der Waals surface area (Å²) in [6, 6.07) is 0. The number of carboxylic acid groups (broad SMARTS) is 2. The summed E-state index contributed by atoms with van der Waals surface area (Å²) in [5.74, 6) is -0.596. The Kier molecular flexibility index (Phi) is 8.61. The van der Waals surface area contributed by atoms with E-state index < -0.39 is 11.9 Å². The van der Waals surface area contributed by atoms with Crippen LogP contribution in [-0.4, -0.2) is 95.0 Å². The van der Waals surface area contributed by atoms with Gasteiger partial charge in [-0.2, -0.15) is 4.36 Å². The number of hydrogen-bond acceptors (Lipinski definition) is 8. The number of allylic oxidation sites excluding steroid dienone is 1. The Balaban J connectivity index is 0.000000300. The lowest BCUT2D eigenvalue weighted by molar-refractivity contribution is -0.134. The third-order valence-electron chi connectivity index (χ3n) is 4.19. The summed E-state index contributed by atoms with van der Waals surface area (Å²) in [6.45, 7) is 5.59. The summed E-state index contributed by atoms with van der Waals surface area (Å²) in [5.41, 5.74) is 1.10. The molecule has 2 saturated heterocycles. The lowest BCUT2D eigenvalue weighted by Crippen LogP contribution is -2.47. The van der Waals surface area contributed by atoms with Crippen LogP contribution in [0.25, 0.3) is 0 Å². The Morgan fingerprint density at radius 3 is 2.39 bits per heavy atom. The van der Waals surface area contributed by atoms with Crippen molar-refractivity contribution in [2.45, 2.75) is 12.8 Å². The van der Waals surface area contributed by atoms with E-state index in [1.165, 1.54) is 0 Å². The standard InChI is InChI=1S/C13H22N4O2S.C4H4O4/c1-20-14-11-3-2-10-19-12(11)13(15-20)17-6-4-16(5-7-17)8-9-18;5-3(6)1-2-4(7)8/h18H,2-10H2,1H3;1-2H,(H,5,6)(H,7,8)/b;2-1-. The minimum Gasteiger partial charge on any atom is -0.488 e. The van der Waals surface area contributed by atoms with Crippen LogP contribution in [0.4, 0.5) is 0 Å². The molecule has 3 aliphatic heterocycles. The molecule has 0 aromatic heterocycles. The van der Waals surface area contributed by atoms with E-state index in [0.717, 1.165) is 69.5 Å². The number of rotatable bonds is 5. The quantitative estimate of drug-likeness (QED) is 0.539. The minimum absolute atomic E-state index is 0.233. The average Bonchev–Trinajstić information content (AvgIpc) is 2.67. The smallest absolute Gasteiger partial charge is 0.328 e. The topological polar surface area (TPSA) is 135 Å². The number of fused-ring (bicyclic) bond motifs is 1. The number of β-amino-alcohol motifs (C(OH)–C–C–N with tert-alkyl or cyclic N) is 1. The Morgan fingerprint density at radius 2 is 1.82 bits per heavy atom. The van der Waals surface area contributed by atoms with Crippen molar-refractivity contribution in [3.8, 4) is 0 Å². The molecule has 3 rings (SSSR count). The van der Waals surface area contributed by atoms with E-state index in [1.807, 2.05) is 0 Å². The maximum Gasteiger partial charge on any atom is 0.328 e. The van der Waals surface area contributed by atoms with Gasteiger partial charge in [0, 0.05) is 62.0 Å². The summed E-state index contributed by atoms with van der Waals surface area (Å²) < 4.78 is 15.2. The highest BCUT2D eigenvalue weighted by Crippen LogP contribution is 2.26. The zero-order valence-corrected chi connectivity index (χ0v) is 16.6. The predicted octanol–water partition coefficient (Wildman–Crippen LogP) is 0.0889. The van der Waals surface area contributed by atoms with E-state index in [0.29, 0.717) is 12.2 Å². The number of aliphatic hydroxyl groups is 1. The van der Waals surface area contributed by atoms with Gasteiger partial charge in [0.15, 0.2) is 11.6 Å². The molecule has 10 nitrogen and oxygen atoms in total. The van der Waals surface area contributed by atoms with E-state index in [2.05, 4.69) is 20.5 Å². The lowest BCUT2D eigenvalue weighted by atomic mass is 10.1. The third-order valence-corrected chi connectivity index (χ3v) is 5.11. The summed E-state index contributed by atoms with van der Waals surface area (Å²) in [6.07, 6.45) is 5.23. The number of nitrogens with zero attached hydrogens (tertiary/aromatic N) is 4. The first-order valence-corrected chi connectivity index (χ1v) is 10.5. The maximum absolute atomic E-state index is 9.55. The molecular formula is C17H26N4O6S. The highest BCUT2D eigenvalue weighted by atomic mass is 32.2. The number of aliphatic carboxylic acids is 2. The molecule has 11 heteroatoms. The molecule has 0 bridgehead atoms. The van der Waals surface area contributed by atoms with Gasteiger partial charge < -0.3 is 25.0 Å². The number of carbonyl (C=O) groups is 2. The van der Waals surface area contributed by atoms with E-state index in [4.69, 9.17) is 24.4 Å². The molecule has 1 unspecified atom stereocenters. The monoisotopic (exact) mass is 414 g/mol. The first-order chi connectivity index (χ1) is 13.4. The summed E-state index contributed by atoms with van der Waals surface area (Å²) in [5, 5.41) is 24.6. The molecule has 3 heterocycles. The molecule has 156 valence electrons. The number of hydrogen-bond donors (Lipinski definition) is 3. The van der Waals surface area contributed by atoms with Crippen LogP contribution in [0.15, 0.2) is 32.5 Å². The Morgan fingerprint density at radius 1 is 1.18 bits per heavy atom. The molecule has 3 aliphatic rings. The first kappa shape index (κ1) is 22.1. The van der Waals surface area contributed by atoms with Crippen molar-refractivity contribution >= 4 is 28.5 Å². The molecule has 0 spiro atoms. The Bertz CT molecular complexity index is 694. The van der Waals surface area contributed by atoms with Gasteiger partial charge >= 0.3 is 11.9 Å². The predicted molar refractivity (Wildman–Crippen MR) is 105 cm³/mol. The minimum atomic E-state index is -1.26. The Labute approximate surface area is 166 Å². The van der Waals surface area contributed by atoms with Crippen LogP contribution < -0.4 is 0 Å². The number of aliphatic hydroxyl groups excluding tert-OH is 1. The van der Waals surface area contributed by atoms with Gasteiger partial charge in [0.05, 0.1) is 18.9 Å². The van der Waals surface area contributed by atoms with Crippen molar-refractivity contribution in [1.82, 2.24) is 9.80 Å². The molecule has 2 fully saturated rings. The fourth-order valence-electron chi connectivity index (χ4n) is 2.91. The molecule has 1 atom stereocenters. The highest BCUT2D eigenvalue weighted by molar-refractivity contribution is 7.85. The van der Waals surface area contributed by atoms with E-state index in [-0.39, 0.29) is 17.5 Å². The average molecular weight is 414 g/mol. The fraction of sp³-hybridized carbons (Fsp3) is 0.588. The van der Waals surface area contributed by atoms with E-state index in [1.54, 1.807) is 0 Å². The van der Waals surface area contributed by atoms with Crippen molar-refractivity contribution in [3.05, 3.63) is 23.7 Å². The summed E-state index contributed by atoms with van der Waals surface area (Å²) in [7, 11) is -0.273. The van der Waals surface area contributed by atoms with Gasteiger partial charge in [-0.15, -0.1) is 0 Å². The number of carboxylic acids is 2. The second-order valence-electron chi connectivity index (χ2n) is 6.24. The van der Waals surface area contributed by atoms with E-state index >= 15 is 0 Å². The van der Waals surface area contributed by atoms with Crippen LogP contribution in [0.1, 0.15) is 12.8 Å². The largest absolute Gasteiger partial charge is 0.488 e. The van der Waals surface area contributed by atoms with Crippen LogP contribution in [0.3, 0.4) is 0 Å². The molecule has 0 aromatic carbocycles. The van der Waals surface area contributed by atoms with Crippen LogP contribution in [-0.2, 0) is 25.2 Å². The molecule has 3 N–H and O–H groups in total. The molecule has 0 aromatic rings. The van der Waals surface area contributed by atoms with Crippen LogP contribution >= 0.6 is 0 Å². The van der Waals surface area contributed by atoms with Crippen molar-refractivity contribution in [2.24, 2.45) is 8.76 Å². The fourth-order valence-corrected chi connectivity index (χ4v) is 3.89. The van der Waals surface area contributed by atoms with E-state index in [9.17, 15) is 9.59 Å². The molecular weight excluding hydrogens is 388 g/mol. The van der Waals surface area contributed by atoms with Gasteiger partial charge in [-0.3, -0.25) is 4.90 Å². The zero-order valence-electron chi connectivity index (χ0n) is 15.8. The van der Waals surface area contributed by atoms with Gasteiger partial charge in [-0.05, 0) is 12.8 Å². The second-order valence-corrected chi connectivity index (χ2v) is 7.50. The van der Waals surface area contributed by atoms with Gasteiger partial charge in [0.25, 0.3) is 0 Å². The van der Waals surface area contributed by atoms with Crippen LogP contribution in [0, 0.1) is 0 Å². The molecule has 28 heavy (non-hydrogen) atoms. The third kappa shape index (κ3) is 6.73. The maximum atomic E-state index is 9.55. The van der Waals surface area contributed by atoms with Crippen molar-refractivity contribution in [2.75, 3.05) is 52.2 Å². The summed E-state index contributed by atoms with van der Waals surface area (Å²) in [4.78, 5) is 23.7. The highest BCUT2D eigenvalue weighted by Gasteiger charge is 2.28. The molecule has 0 saturated carbocycles. The lowest BCUT2D eigenvalue weighted by Gasteiger charge is -2.37. The second kappa shape index (κ2) is 10.9. The van der Waals surface area contributed by atoms with Crippen molar-refractivity contribution < 1.29 is 29.6 Å². The van der Waals surface area contributed by atoms with Gasteiger partial charge in [-0.1, -0.05) is 0 Å². The van der Waals surface area contributed by atoms with Crippen LogP contribution in [0.2, 0.25) is 0 Å². The van der Waals surface area contributed by atoms with Gasteiger partial charge in [0.1, 0.15) is 0 Å². The number of piperazine rings is 1. The van der Waals surface area contributed by atoms with Gasteiger partial charge in [0.2, 0.25) is 0 Å². The number of ether oxygens (including phenoxy) is 1.